The van der Waals surface area contributed by atoms with E-state index in [0.717, 1.165) is 23.0 Å². The molecule has 0 spiro atoms. The maximum Gasteiger partial charge on any atom is 0.122 e. The molecule has 3 saturated carbocycles. The molecule has 0 heterocycles. The highest BCUT2D eigenvalue weighted by Gasteiger charge is 2.58. The van der Waals surface area contributed by atoms with Crippen molar-refractivity contribution in [2.45, 2.75) is 111 Å². The maximum absolute atomic E-state index is 11.4. The summed E-state index contributed by atoms with van der Waals surface area (Å²) in [5, 5.41) is 22.9. The van der Waals surface area contributed by atoms with Gasteiger partial charge in [-0.05, 0) is 108 Å². The predicted octanol–water partition coefficient (Wildman–Crippen LogP) is 8.88. The number of phenols is 2. The Morgan fingerprint density at radius 3 is 1.63 bits per heavy atom. The number of aromatic hydroxyl groups is 2. The van der Waals surface area contributed by atoms with E-state index < -0.39 is 0 Å². The fraction of sp³-hybridized carbons (Fsp3) is 0.636. The third-order valence-corrected chi connectivity index (χ3v) is 9.50. The van der Waals surface area contributed by atoms with Crippen molar-refractivity contribution in [2.75, 3.05) is 0 Å². The smallest absolute Gasteiger partial charge is 0.122 e. The van der Waals surface area contributed by atoms with E-state index in [9.17, 15) is 10.2 Å². The molecule has 0 saturated heterocycles. The van der Waals surface area contributed by atoms with Gasteiger partial charge >= 0.3 is 0 Å². The molecule has 3 aliphatic rings. The molecule has 2 aromatic carbocycles. The normalized spacial score (nSPS) is 29.8. The maximum atomic E-state index is 11.4. The summed E-state index contributed by atoms with van der Waals surface area (Å²) < 4.78 is 0. The van der Waals surface area contributed by atoms with Gasteiger partial charge in [-0.25, -0.2) is 0 Å². The summed E-state index contributed by atoms with van der Waals surface area (Å²) in [4.78, 5) is 0. The van der Waals surface area contributed by atoms with Crippen LogP contribution in [0.4, 0.5) is 0 Å². The van der Waals surface area contributed by atoms with E-state index in [4.69, 9.17) is 0 Å². The summed E-state index contributed by atoms with van der Waals surface area (Å²) >= 11 is 0. The van der Waals surface area contributed by atoms with Crippen LogP contribution in [0.1, 0.15) is 120 Å². The molecule has 2 aromatic rings. The number of hydrogen-bond acceptors (Lipinski definition) is 2. The molecule has 0 aromatic heterocycles. The number of hydrogen-bond donors (Lipinski definition) is 2. The van der Waals surface area contributed by atoms with Gasteiger partial charge in [-0.1, -0.05) is 84.4 Å². The molecule has 0 radical (unpaired) electrons. The van der Waals surface area contributed by atoms with Gasteiger partial charge in [0.05, 0.1) is 0 Å². The molecule has 3 aliphatic carbocycles. The van der Waals surface area contributed by atoms with Gasteiger partial charge < -0.3 is 10.2 Å². The van der Waals surface area contributed by atoms with E-state index >= 15 is 0 Å². The molecule has 5 rings (SSSR count). The van der Waals surface area contributed by atoms with E-state index in [1.807, 2.05) is 0 Å². The monoisotopic (exact) mass is 476 g/mol. The molecule has 2 N–H and O–H groups in total. The van der Waals surface area contributed by atoms with Crippen molar-refractivity contribution in [2.24, 2.45) is 23.7 Å². The molecule has 2 nitrogen and oxygen atoms in total. The van der Waals surface area contributed by atoms with Crippen molar-refractivity contribution < 1.29 is 10.2 Å². The molecule has 2 bridgehead atoms. The van der Waals surface area contributed by atoms with E-state index in [0.29, 0.717) is 35.2 Å². The van der Waals surface area contributed by atoms with Crippen LogP contribution in [0.3, 0.4) is 0 Å². The highest BCUT2D eigenvalue weighted by atomic mass is 16.3. The number of phenolic OH excluding ortho intramolecular Hbond substituents is 2. The third-order valence-electron chi connectivity index (χ3n) is 9.50. The van der Waals surface area contributed by atoms with Gasteiger partial charge in [-0.3, -0.25) is 0 Å². The average molecular weight is 477 g/mol. The second-order valence-electron chi connectivity index (χ2n) is 13.9. The molecular weight excluding hydrogens is 428 g/mol. The van der Waals surface area contributed by atoms with Gasteiger partial charge in [0.2, 0.25) is 0 Å². The zero-order valence-corrected chi connectivity index (χ0v) is 22.5. The number of fused-ring (bicyclic) bond motifs is 5. The molecule has 35 heavy (non-hydrogen) atoms. The molecule has 0 amide bonds. The van der Waals surface area contributed by atoms with Crippen LogP contribution in [-0.2, 0) is 10.8 Å². The van der Waals surface area contributed by atoms with Crippen LogP contribution in [-0.4, -0.2) is 10.2 Å². The Balaban J connectivity index is 0.00000289. The van der Waals surface area contributed by atoms with Gasteiger partial charge in [-0.15, -0.1) is 0 Å². The van der Waals surface area contributed by atoms with Crippen LogP contribution in [0, 0.1) is 37.5 Å². The van der Waals surface area contributed by atoms with Gasteiger partial charge in [0.15, 0.2) is 0 Å². The highest BCUT2D eigenvalue weighted by Crippen LogP contribution is 2.68. The molecule has 6 unspecified atom stereocenters. The minimum absolute atomic E-state index is 0. The minimum Gasteiger partial charge on any atom is -0.507 e. The Morgan fingerprint density at radius 2 is 1.14 bits per heavy atom. The molecule has 192 valence electrons. The van der Waals surface area contributed by atoms with Crippen molar-refractivity contribution in [3.8, 4) is 11.5 Å². The molecular formula is C33H48O2. The first-order valence-electron chi connectivity index (χ1n) is 13.5. The van der Waals surface area contributed by atoms with E-state index in [2.05, 4.69) is 79.7 Å². The van der Waals surface area contributed by atoms with E-state index in [1.54, 1.807) is 0 Å². The van der Waals surface area contributed by atoms with Gasteiger partial charge in [0.1, 0.15) is 11.5 Å². The SMILES string of the molecule is C.Cc1cc(C2CC3CC2C2C(c4cc(C)cc(C(C)(C)C)c4O)CCC32)c(O)c(C(C)(C)C)c1. The zero-order chi connectivity index (χ0) is 24.7. The van der Waals surface area contributed by atoms with Gasteiger partial charge in [0.25, 0.3) is 0 Å². The first-order valence-corrected chi connectivity index (χ1v) is 13.5. The Labute approximate surface area is 214 Å². The quantitative estimate of drug-likeness (QED) is 0.454. The zero-order valence-electron chi connectivity index (χ0n) is 22.5. The first kappa shape index (κ1) is 26.1. The first-order chi connectivity index (χ1) is 15.8. The summed E-state index contributed by atoms with van der Waals surface area (Å²) in [6.45, 7) is 17.5. The second-order valence-corrected chi connectivity index (χ2v) is 13.9. The Morgan fingerprint density at radius 1 is 0.657 bits per heavy atom. The molecule has 6 atom stereocenters. The molecule has 2 heteroatoms. The Hall–Kier alpha value is -1.96. The lowest BCUT2D eigenvalue weighted by molar-refractivity contribution is 0.213. The van der Waals surface area contributed by atoms with Crippen LogP contribution in [0.5, 0.6) is 11.5 Å². The van der Waals surface area contributed by atoms with Crippen molar-refractivity contribution >= 4 is 0 Å². The van der Waals surface area contributed by atoms with Crippen molar-refractivity contribution in [3.05, 3.63) is 57.6 Å². The highest BCUT2D eigenvalue weighted by molar-refractivity contribution is 5.51. The lowest BCUT2D eigenvalue weighted by Crippen LogP contribution is -2.27. The Kier molecular flexibility index (Phi) is 6.39. The van der Waals surface area contributed by atoms with Crippen molar-refractivity contribution in [3.63, 3.8) is 0 Å². The molecule has 0 aliphatic heterocycles. The second kappa shape index (κ2) is 8.56. The fourth-order valence-corrected chi connectivity index (χ4v) is 8.15. The largest absolute Gasteiger partial charge is 0.507 e. The standard InChI is InChI=1S/C32H44O2.CH4/c1-17-11-24(29(33)26(13-17)31(3,4)5)21-10-9-20-19-15-22(23(16-19)28(20)21)25-12-18(2)14-27(30(25)34)32(6,7)8;/h11-14,19-23,28,33-34H,9-10,15-16H2,1-8H3;1H4. The van der Waals surface area contributed by atoms with E-state index in [-0.39, 0.29) is 18.3 Å². The summed E-state index contributed by atoms with van der Waals surface area (Å²) in [7, 11) is 0. The fourth-order valence-electron chi connectivity index (χ4n) is 8.15. The minimum atomic E-state index is -0.0726. The topological polar surface area (TPSA) is 40.5 Å². The van der Waals surface area contributed by atoms with Crippen LogP contribution >= 0.6 is 0 Å². The van der Waals surface area contributed by atoms with E-state index in [1.165, 1.54) is 47.9 Å². The van der Waals surface area contributed by atoms with Gasteiger partial charge in [-0.2, -0.15) is 0 Å². The van der Waals surface area contributed by atoms with Crippen LogP contribution in [0.2, 0.25) is 0 Å². The van der Waals surface area contributed by atoms with Crippen LogP contribution in [0.25, 0.3) is 0 Å². The van der Waals surface area contributed by atoms with Gasteiger partial charge in [0, 0.05) is 0 Å². The molecule has 3 fully saturated rings. The number of aryl methyl sites for hydroxylation is 2. The Bertz CT molecular complexity index is 1110. The van der Waals surface area contributed by atoms with Crippen molar-refractivity contribution in [1.29, 1.82) is 0 Å². The summed E-state index contributed by atoms with van der Waals surface area (Å²) in [5.74, 6) is 4.69. The van der Waals surface area contributed by atoms with Crippen molar-refractivity contribution in [1.82, 2.24) is 0 Å². The summed E-state index contributed by atoms with van der Waals surface area (Å²) in [6.07, 6.45) is 4.97. The summed E-state index contributed by atoms with van der Waals surface area (Å²) in [6, 6.07) is 8.87. The number of rotatable bonds is 2. The lowest BCUT2D eigenvalue weighted by Gasteiger charge is -2.37. The lowest BCUT2D eigenvalue weighted by atomic mass is 9.68. The number of benzene rings is 2. The van der Waals surface area contributed by atoms with Crippen LogP contribution < -0.4 is 0 Å². The predicted molar refractivity (Wildman–Crippen MR) is 148 cm³/mol. The average Bonchev–Trinajstić information content (AvgIpc) is 3.41. The third kappa shape index (κ3) is 4.19. The van der Waals surface area contributed by atoms with Crippen LogP contribution in [0.15, 0.2) is 24.3 Å². The summed E-state index contributed by atoms with van der Waals surface area (Å²) in [5.41, 5.74) is 6.90.